The van der Waals surface area contributed by atoms with Crippen LogP contribution in [-0.4, -0.2) is 10.2 Å². The van der Waals surface area contributed by atoms with Gasteiger partial charge in [0.05, 0.1) is 10.0 Å². The number of phenols is 2. The molecule has 3 rings (SSSR count). The Morgan fingerprint density at radius 2 is 1.52 bits per heavy atom. The fraction of sp³-hybridized carbons (Fsp3) is 0.368. The van der Waals surface area contributed by atoms with Gasteiger partial charge in [0.2, 0.25) is 0 Å². The molecule has 0 amide bonds. The molecule has 0 aliphatic heterocycles. The quantitative estimate of drug-likeness (QED) is 0.704. The third-order valence-electron chi connectivity index (χ3n) is 4.94. The first-order valence-electron chi connectivity index (χ1n) is 7.97. The molecule has 1 aliphatic carbocycles. The second-order valence-electron chi connectivity index (χ2n) is 6.35. The molecule has 1 unspecified atom stereocenters. The summed E-state index contributed by atoms with van der Waals surface area (Å²) in [6.45, 7) is 2.19. The van der Waals surface area contributed by atoms with Gasteiger partial charge in [-0.25, -0.2) is 0 Å². The molecule has 0 heterocycles. The zero-order chi connectivity index (χ0) is 16.6. The van der Waals surface area contributed by atoms with Crippen LogP contribution >= 0.6 is 23.2 Å². The summed E-state index contributed by atoms with van der Waals surface area (Å²) in [5.74, 6) is 0.726. The minimum atomic E-state index is -0.121. The maximum absolute atomic E-state index is 9.70. The molecule has 0 radical (unpaired) electrons. The molecule has 4 heteroatoms. The van der Waals surface area contributed by atoms with Crippen molar-refractivity contribution in [1.29, 1.82) is 0 Å². The van der Waals surface area contributed by atoms with Gasteiger partial charge >= 0.3 is 0 Å². The molecule has 1 aliphatic rings. The largest absolute Gasteiger partial charge is 0.506 e. The Morgan fingerprint density at radius 1 is 1.00 bits per heavy atom. The molecule has 23 heavy (non-hydrogen) atoms. The lowest BCUT2D eigenvalue weighted by molar-refractivity contribution is 0.475. The second-order valence-corrected chi connectivity index (χ2v) is 7.16. The molecule has 0 bridgehead atoms. The summed E-state index contributed by atoms with van der Waals surface area (Å²) < 4.78 is 0. The topological polar surface area (TPSA) is 40.5 Å². The van der Waals surface area contributed by atoms with E-state index in [4.69, 9.17) is 23.2 Å². The molecular weight excluding hydrogens is 331 g/mol. The minimum Gasteiger partial charge on any atom is -0.506 e. The van der Waals surface area contributed by atoms with E-state index < -0.39 is 0 Å². The highest BCUT2D eigenvalue weighted by atomic mass is 35.5. The Hall–Kier alpha value is -1.38. The zero-order valence-corrected chi connectivity index (χ0v) is 14.5. The van der Waals surface area contributed by atoms with Crippen LogP contribution in [0.25, 0.3) is 0 Å². The lowest BCUT2D eigenvalue weighted by Crippen LogP contribution is -2.12. The molecular formula is C19H20Cl2O2. The van der Waals surface area contributed by atoms with Crippen molar-refractivity contribution in [2.45, 2.75) is 38.0 Å². The molecule has 2 aromatic rings. The number of phenolic OH excluding ortho intramolecular Hbond substituents is 2. The van der Waals surface area contributed by atoms with Gasteiger partial charge in [-0.2, -0.15) is 0 Å². The monoisotopic (exact) mass is 350 g/mol. The van der Waals surface area contributed by atoms with Crippen LogP contribution < -0.4 is 0 Å². The maximum Gasteiger partial charge on any atom is 0.134 e. The molecule has 1 saturated carbocycles. The number of rotatable bonds is 5. The maximum atomic E-state index is 9.70. The average Bonchev–Trinajstić information content (AvgIpc) is 3.26. The van der Waals surface area contributed by atoms with E-state index in [1.54, 1.807) is 12.1 Å². The van der Waals surface area contributed by atoms with Gasteiger partial charge in [0, 0.05) is 5.41 Å². The van der Waals surface area contributed by atoms with Crippen molar-refractivity contribution in [3.8, 4) is 11.5 Å². The van der Waals surface area contributed by atoms with E-state index in [1.807, 2.05) is 24.3 Å². The summed E-state index contributed by atoms with van der Waals surface area (Å²) >= 11 is 12.3. The van der Waals surface area contributed by atoms with E-state index in [9.17, 15) is 10.2 Å². The predicted molar refractivity (Wildman–Crippen MR) is 94.6 cm³/mol. The first kappa shape index (κ1) is 16.5. The molecule has 2 N–H and O–H groups in total. The van der Waals surface area contributed by atoms with Crippen LogP contribution in [0, 0.1) is 5.92 Å². The van der Waals surface area contributed by atoms with Gasteiger partial charge in [-0.15, -0.1) is 0 Å². The number of hydrogen-bond donors (Lipinski definition) is 2. The van der Waals surface area contributed by atoms with E-state index in [0.717, 1.165) is 24.0 Å². The van der Waals surface area contributed by atoms with Crippen molar-refractivity contribution in [3.63, 3.8) is 0 Å². The number of aromatic hydroxyl groups is 2. The third-order valence-corrected chi connectivity index (χ3v) is 5.54. The standard InChI is InChI=1S/C19H20Cl2O2/c1-2-3-4-14-11-19(14,12-5-7-17(22)15(20)9-12)13-6-8-18(23)16(21)10-13/h5-10,14,22-23H,2-4,11H2,1H3. The molecule has 1 atom stereocenters. The lowest BCUT2D eigenvalue weighted by atomic mass is 9.84. The average molecular weight is 351 g/mol. The van der Waals surface area contributed by atoms with Gasteiger partial charge in [0.15, 0.2) is 0 Å². The number of hydrogen-bond acceptors (Lipinski definition) is 2. The second kappa shape index (κ2) is 6.26. The highest BCUT2D eigenvalue weighted by Gasteiger charge is 2.55. The van der Waals surface area contributed by atoms with Crippen molar-refractivity contribution in [2.75, 3.05) is 0 Å². The summed E-state index contributed by atoms with van der Waals surface area (Å²) in [6.07, 6.45) is 4.53. The van der Waals surface area contributed by atoms with Crippen LogP contribution in [0.4, 0.5) is 0 Å². The minimum absolute atomic E-state index is 0.0973. The Kier molecular flexibility index (Phi) is 4.48. The van der Waals surface area contributed by atoms with Gasteiger partial charge in [-0.3, -0.25) is 0 Å². The lowest BCUT2D eigenvalue weighted by Gasteiger charge is -2.20. The van der Waals surface area contributed by atoms with Gasteiger partial charge in [-0.1, -0.05) is 55.1 Å². The van der Waals surface area contributed by atoms with Crippen molar-refractivity contribution < 1.29 is 10.2 Å². The molecule has 1 fully saturated rings. The van der Waals surface area contributed by atoms with Crippen molar-refractivity contribution in [1.82, 2.24) is 0 Å². The smallest absolute Gasteiger partial charge is 0.134 e. The Balaban J connectivity index is 2.05. The first-order valence-corrected chi connectivity index (χ1v) is 8.72. The zero-order valence-electron chi connectivity index (χ0n) is 13.0. The normalized spacial score (nSPS) is 18.8. The Labute approximate surface area is 146 Å². The predicted octanol–water partition coefficient (Wildman–Crippen LogP) is 5.90. The first-order chi connectivity index (χ1) is 11.0. The summed E-state index contributed by atoms with van der Waals surface area (Å²) in [6, 6.07) is 10.9. The third kappa shape index (κ3) is 2.90. The molecule has 0 spiro atoms. The van der Waals surface area contributed by atoms with E-state index in [2.05, 4.69) is 6.92 Å². The fourth-order valence-electron chi connectivity index (χ4n) is 3.57. The highest BCUT2D eigenvalue weighted by Crippen LogP contribution is 2.61. The van der Waals surface area contributed by atoms with Crippen molar-refractivity contribution >= 4 is 23.2 Å². The SMILES string of the molecule is CCCCC1CC1(c1ccc(O)c(Cl)c1)c1ccc(O)c(Cl)c1. The van der Waals surface area contributed by atoms with Gasteiger partial charge in [-0.05, 0) is 54.2 Å². The van der Waals surface area contributed by atoms with Gasteiger partial charge in [0.25, 0.3) is 0 Å². The van der Waals surface area contributed by atoms with Crippen molar-refractivity contribution in [2.24, 2.45) is 5.92 Å². The number of halogens is 2. The van der Waals surface area contributed by atoms with Gasteiger partial charge in [0.1, 0.15) is 11.5 Å². The van der Waals surface area contributed by atoms with Gasteiger partial charge < -0.3 is 10.2 Å². The summed E-state index contributed by atoms with van der Waals surface area (Å²) in [5.41, 5.74) is 2.08. The Bertz CT molecular complexity index is 676. The van der Waals surface area contributed by atoms with Crippen LogP contribution in [0.5, 0.6) is 11.5 Å². The number of benzene rings is 2. The fourth-order valence-corrected chi connectivity index (χ4v) is 3.93. The van der Waals surface area contributed by atoms with Crippen LogP contribution in [-0.2, 0) is 5.41 Å². The van der Waals surface area contributed by atoms with E-state index in [1.165, 1.54) is 12.8 Å². The Morgan fingerprint density at radius 3 is 1.96 bits per heavy atom. The molecule has 2 aromatic carbocycles. The van der Waals surface area contributed by atoms with Crippen LogP contribution in [0.2, 0.25) is 10.0 Å². The molecule has 0 saturated heterocycles. The van der Waals surface area contributed by atoms with E-state index >= 15 is 0 Å². The van der Waals surface area contributed by atoms with Crippen LogP contribution in [0.15, 0.2) is 36.4 Å². The molecule has 2 nitrogen and oxygen atoms in total. The highest BCUT2D eigenvalue weighted by molar-refractivity contribution is 6.32. The molecule has 122 valence electrons. The number of unbranched alkanes of at least 4 members (excludes halogenated alkanes) is 1. The summed E-state index contributed by atoms with van der Waals surface area (Å²) in [4.78, 5) is 0. The summed E-state index contributed by atoms with van der Waals surface area (Å²) in [7, 11) is 0. The summed E-state index contributed by atoms with van der Waals surface area (Å²) in [5, 5.41) is 20.1. The van der Waals surface area contributed by atoms with E-state index in [-0.39, 0.29) is 16.9 Å². The van der Waals surface area contributed by atoms with Crippen LogP contribution in [0.1, 0.15) is 43.7 Å². The van der Waals surface area contributed by atoms with Crippen LogP contribution in [0.3, 0.4) is 0 Å². The molecule has 0 aromatic heterocycles. The van der Waals surface area contributed by atoms with E-state index in [0.29, 0.717) is 16.0 Å². The van der Waals surface area contributed by atoms with Crippen molar-refractivity contribution in [3.05, 3.63) is 57.6 Å².